The minimum Gasteiger partial charge on any atom is -0.316 e. The number of aryl methyl sites for hydroxylation is 1. The molecule has 0 bridgehead atoms. The predicted octanol–water partition coefficient (Wildman–Crippen LogP) is 6.26. The van der Waals surface area contributed by atoms with Gasteiger partial charge in [-0.2, -0.15) is 4.31 Å². The van der Waals surface area contributed by atoms with Crippen LogP contribution < -0.4 is 4.80 Å². The molecule has 36 heavy (non-hydrogen) atoms. The first-order chi connectivity index (χ1) is 17.6. The molecular weight excluding hydrogens is 486 g/mol. The smallest absolute Gasteiger partial charge is 0.243 e. The summed E-state index contributed by atoms with van der Waals surface area (Å²) in [6, 6.07) is 27.8. The summed E-state index contributed by atoms with van der Waals surface area (Å²) >= 11 is 1.61. The van der Waals surface area contributed by atoms with E-state index in [2.05, 4.69) is 34.2 Å². The summed E-state index contributed by atoms with van der Waals surface area (Å²) in [6.07, 6.45) is 4.95. The minimum absolute atomic E-state index is 0.369. The molecule has 0 unspecified atom stereocenters. The zero-order valence-electron chi connectivity index (χ0n) is 20.3. The quantitative estimate of drug-likeness (QED) is 0.291. The molecule has 4 aromatic rings. The molecular formula is C29H31N3O2S2. The maximum Gasteiger partial charge on any atom is 0.243 e. The normalized spacial score (nSPS) is 15.6. The molecule has 1 saturated heterocycles. The Morgan fingerprint density at radius 1 is 0.778 bits per heavy atom. The predicted molar refractivity (Wildman–Crippen MR) is 147 cm³/mol. The van der Waals surface area contributed by atoms with E-state index in [0.717, 1.165) is 60.4 Å². The van der Waals surface area contributed by atoms with Gasteiger partial charge < -0.3 is 4.57 Å². The van der Waals surface area contributed by atoms with Crippen molar-refractivity contribution in [3.8, 4) is 11.3 Å². The lowest BCUT2D eigenvalue weighted by Gasteiger charge is -2.20. The molecule has 0 aliphatic carbocycles. The van der Waals surface area contributed by atoms with Gasteiger partial charge in [0, 0.05) is 25.0 Å². The van der Waals surface area contributed by atoms with Gasteiger partial charge in [0.25, 0.3) is 0 Å². The van der Waals surface area contributed by atoms with Gasteiger partial charge in [0.1, 0.15) is 0 Å². The Morgan fingerprint density at radius 3 is 2.08 bits per heavy atom. The van der Waals surface area contributed by atoms with Crippen LogP contribution in [-0.4, -0.2) is 30.4 Å². The molecule has 3 aromatic carbocycles. The average Bonchev–Trinajstić information content (AvgIpc) is 3.11. The average molecular weight is 518 g/mol. The van der Waals surface area contributed by atoms with Gasteiger partial charge in [-0.05, 0) is 54.7 Å². The van der Waals surface area contributed by atoms with Crippen LogP contribution in [0.3, 0.4) is 0 Å². The topological polar surface area (TPSA) is 54.7 Å². The van der Waals surface area contributed by atoms with E-state index < -0.39 is 10.0 Å². The van der Waals surface area contributed by atoms with E-state index in [0.29, 0.717) is 18.0 Å². The second kappa shape index (κ2) is 11.4. The molecule has 7 heteroatoms. The van der Waals surface area contributed by atoms with Gasteiger partial charge in [-0.3, -0.25) is 0 Å². The molecule has 0 amide bonds. The number of thiazole rings is 1. The summed E-state index contributed by atoms with van der Waals surface area (Å²) in [5.41, 5.74) is 4.22. The maximum absolute atomic E-state index is 13.2. The van der Waals surface area contributed by atoms with Gasteiger partial charge in [0.05, 0.1) is 16.3 Å². The standard InChI is InChI=1S/C29H31N3O2S2/c33-36(34,31-20-9-1-2-10-21-31)27-17-15-25(16-18-27)28-23-35-29(30-26-13-7-4-8-14-26)32(28)22-19-24-11-5-3-6-12-24/h3-8,11-18,23H,1-2,9-10,19-22H2. The van der Waals surface area contributed by atoms with E-state index in [-0.39, 0.29) is 0 Å². The van der Waals surface area contributed by atoms with Crippen LogP contribution >= 0.6 is 11.3 Å². The van der Waals surface area contributed by atoms with Crippen molar-refractivity contribution in [1.82, 2.24) is 8.87 Å². The molecule has 0 radical (unpaired) electrons. The third-order valence-electron chi connectivity index (χ3n) is 6.60. The fraction of sp³-hybridized carbons (Fsp3) is 0.276. The van der Waals surface area contributed by atoms with Crippen molar-refractivity contribution in [3.05, 3.63) is 101 Å². The molecule has 1 aliphatic rings. The van der Waals surface area contributed by atoms with E-state index in [9.17, 15) is 8.42 Å². The zero-order chi connectivity index (χ0) is 24.8. The van der Waals surface area contributed by atoms with Gasteiger partial charge in [-0.1, -0.05) is 73.5 Å². The highest BCUT2D eigenvalue weighted by molar-refractivity contribution is 7.89. The van der Waals surface area contributed by atoms with E-state index in [1.807, 2.05) is 48.5 Å². The highest BCUT2D eigenvalue weighted by atomic mass is 32.2. The van der Waals surface area contributed by atoms with Crippen molar-refractivity contribution in [1.29, 1.82) is 0 Å². The molecule has 0 saturated carbocycles. The van der Waals surface area contributed by atoms with Crippen LogP contribution in [0.15, 0.2) is 100 Å². The number of sulfonamides is 1. The largest absolute Gasteiger partial charge is 0.316 e. The summed E-state index contributed by atoms with van der Waals surface area (Å²) in [5, 5.41) is 2.12. The molecule has 0 spiro atoms. The van der Waals surface area contributed by atoms with Gasteiger partial charge in [-0.25, -0.2) is 13.4 Å². The molecule has 1 aromatic heterocycles. The van der Waals surface area contributed by atoms with Crippen LogP contribution in [0.25, 0.3) is 11.3 Å². The molecule has 0 atom stereocenters. The van der Waals surface area contributed by atoms with Crippen LogP contribution in [0.5, 0.6) is 0 Å². The molecule has 0 N–H and O–H groups in total. The molecule has 186 valence electrons. The van der Waals surface area contributed by atoms with Crippen molar-refractivity contribution in [2.24, 2.45) is 4.99 Å². The lowest BCUT2D eigenvalue weighted by Crippen LogP contribution is -2.31. The Hall–Kier alpha value is -3.00. The minimum atomic E-state index is -3.47. The number of rotatable bonds is 7. The highest BCUT2D eigenvalue weighted by Crippen LogP contribution is 2.26. The summed E-state index contributed by atoms with van der Waals surface area (Å²) < 4.78 is 30.3. The van der Waals surface area contributed by atoms with Gasteiger partial charge >= 0.3 is 0 Å². The fourth-order valence-corrected chi connectivity index (χ4v) is 7.07. The first kappa shape index (κ1) is 24.7. The number of hydrogen-bond donors (Lipinski definition) is 0. The van der Waals surface area contributed by atoms with Crippen LogP contribution in [-0.2, 0) is 23.0 Å². The second-order valence-corrected chi connectivity index (χ2v) is 11.9. The number of aromatic nitrogens is 1. The maximum atomic E-state index is 13.2. The number of nitrogens with zero attached hydrogens (tertiary/aromatic N) is 3. The lowest BCUT2D eigenvalue weighted by molar-refractivity contribution is 0.424. The van der Waals surface area contributed by atoms with E-state index in [4.69, 9.17) is 4.99 Å². The number of para-hydroxylation sites is 1. The molecule has 5 nitrogen and oxygen atoms in total. The van der Waals surface area contributed by atoms with Crippen LogP contribution in [0, 0.1) is 0 Å². The Labute approximate surface area is 217 Å². The molecule has 1 aliphatic heterocycles. The van der Waals surface area contributed by atoms with Crippen LogP contribution in [0.4, 0.5) is 5.69 Å². The third-order valence-corrected chi connectivity index (χ3v) is 9.37. The number of benzene rings is 3. The Kier molecular flexibility index (Phi) is 7.80. The fourth-order valence-electron chi connectivity index (χ4n) is 4.59. The van der Waals surface area contributed by atoms with Gasteiger partial charge in [0.15, 0.2) is 4.80 Å². The van der Waals surface area contributed by atoms with Crippen molar-refractivity contribution < 1.29 is 8.42 Å². The van der Waals surface area contributed by atoms with Crippen LogP contribution in [0.2, 0.25) is 0 Å². The number of hydrogen-bond acceptors (Lipinski definition) is 4. The van der Waals surface area contributed by atoms with Crippen molar-refractivity contribution >= 4 is 27.0 Å². The van der Waals surface area contributed by atoms with E-state index >= 15 is 0 Å². The first-order valence-electron chi connectivity index (χ1n) is 12.5. The van der Waals surface area contributed by atoms with Gasteiger partial charge in [-0.15, -0.1) is 11.3 Å². The second-order valence-electron chi connectivity index (χ2n) is 9.08. The Balaban J connectivity index is 1.47. The van der Waals surface area contributed by atoms with Crippen molar-refractivity contribution in [3.63, 3.8) is 0 Å². The van der Waals surface area contributed by atoms with E-state index in [1.54, 1.807) is 27.8 Å². The Morgan fingerprint density at radius 2 is 1.42 bits per heavy atom. The molecule has 2 heterocycles. The third kappa shape index (κ3) is 5.69. The highest BCUT2D eigenvalue weighted by Gasteiger charge is 2.25. The van der Waals surface area contributed by atoms with Crippen molar-refractivity contribution in [2.45, 2.75) is 43.5 Å². The van der Waals surface area contributed by atoms with Crippen molar-refractivity contribution in [2.75, 3.05) is 13.1 Å². The summed E-state index contributed by atoms with van der Waals surface area (Å²) in [5.74, 6) is 0. The zero-order valence-corrected chi connectivity index (χ0v) is 21.9. The lowest BCUT2D eigenvalue weighted by atomic mass is 10.1. The first-order valence-corrected chi connectivity index (χ1v) is 14.9. The monoisotopic (exact) mass is 517 g/mol. The van der Waals surface area contributed by atoms with E-state index in [1.165, 1.54) is 5.56 Å². The summed E-state index contributed by atoms with van der Waals surface area (Å²) in [4.78, 5) is 6.20. The SMILES string of the molecule is O=S(=O)(c1ccc(-c2csc(=Nc3ccccc3)n2CCc2ccccc2)cc1)N1CCCCCC1. The van der Waals surface area contributed by atoms with Crippen LogP contribution in [0.1, 0.15) is 31.2 Å². The molecule has 5 rings (SSSR count). The Bertz CT molecular complexity index is 1430. The van der Waals surface area contributed by atoms with Gasteiger partial charge in [0.2, 0.25) is 10.0 Å². The molecule has 1 fully saturated rings. The summed E-state index contributed by atoms with van der Waals surface area (Å²) in [6.45, 7) is 2.00. The summed E-state index contributed by atoms with van der Waals surface area (Å²) in [7, 11) is -3.47.